The lowest BCUT2D eigenvalue weighted by molar-refractivity contribution is 0.279. The fraction of sp³-hybridized carbons (Fsp3) is 0.455. The number of halogens is 1. The molecule has 0 atom stereocenters. The van der Waals surface area contributed by atoms with Crippen molar-refractivity contribution in [2.45, 2.75) is 32.9 Å². The van der Waals surface area contributed by atoms with E-state index in [1.165, 1.54) is 18.4 Å². The van der Waals surface area contributed by atoms with E-state index in [1.54, 1.807) is 7.11 Å². The molecule has 0 bridgehead atoms. The standard InChI is InChI=1S/C22H29BrN2O2/c1-16-4-3-5-18(12-16)15-27-22-19(20(23)6-7-21(22)26-2)14-25-13-17-8-10-24-11-9-17/h3-7,12,17,24-25H,8-11,13-15H2,1-2H3. The fourth-order valence-corrected chi connectivity index (χ4v) is 3.96. The van der Waals surface area contributed by atoms with Crippen LogP contribution in [-0.2, 0) is 13.2 Å². The monoisotopic (exact) mass is 432 g/mol. The highest BCUT2D eigenvalue weighted by Gasteiger charge is 2.17. The predicted molar refractivity (Wildman–Crippen MR) is 114 cm³/mol. The fourth-order valence-electron chi connectivity index (χ4n) is 3.51. The predicted octanol–water partition coefficient (Wildman–Crippen LogP) is 4.43. The molecular weight excluding hydrogens is 404 g/mol. The first-order chi connectivity index (χ1) is 13.2. The summed E-state index contributed by atoms with van der Waals surface area (Å²) in [5.74, 6) is 2.32. The van der Waals surface area contributed by atoms with Gasteiger partial charge >= 0.3 is 0 Å². The average molecular weight is 433 g/mol. The van der Waals surface area contributed by atoms with Gasteiger partial charge in [0, 0.05) is 16.6 Å². The maximum atomic E-state index is 6.22. The molecule has 0 spiro atoms. The SMILES string of the molecule is COc1ccc(Br)c(CNCC2CCNCC2)c1OCc1cccc(C)c1. The second kappa shape index (κ2) is 10.1. The second-order valence-corrected chi connectivity index (χ2v) is 8.01. The number of benzene rings is 2. The Hall–Kier alpha value is -1.56. The van der Waals surface area contributed by atoms with Crippen LogP contribution in [0.1, 0.15) is 29.5 Å². The topological polar surface area (TPSA) is 42.5 Å². The van der Waals surface area contributed by atoms with Gasteiger partial charge in [0.05, 0.1) is 7.11 Å². The first kappa shape index (κ1) is 20.2. The Labute approximate surface area is 170 Å². The zero-order chi connectivity index (χ0) is 19.1. The molecule has 1 saturated heterocycles. The smallest absolute Gasteiger partial charge is 0.167 e. The molecule has 146 valence electrons. The van der Waals surface area contributed by atoms with Crippen molar-refractivity contribution in [3.63, 3.8) is 0 Å². The van der Waals surface area contributed by atoms with Crippen LogP contribution in [0.2, 0.25) is 0 Å². The largest absolute Gasteiger partial charge is 0.493 e. The summed E-state index contributed by atoms with van der Waals surface area (Å²) in [7, 11) is 1.69. The highest BCUT2D eigenvalue weighted by molar-refractivity contribution is 9.10. The summed E-state index contributed by atoms with van der Waals surface area (Å²) in [6.45, 7) is 6.66. The lowest BCUT2D eigenvalue weighted by Crippen LogP contribution is -2.33. The normalized spacial score (nSPS) is 14.9. The number of ether oxygens (including phenoxy) is 2. The van der Waals surface area contributed by atoms with E-state index in [0.29, 0.717) is 6.61 Å². The number of aryl methyl sites for hydroxylation is 1. The van der Waals surface area contributed by atoms with Crippen LogP contribution >= 0.6 is 15.9 Å². The van der Waals surface area contributed by atoms with E-state index < -0.39 is 0 Å². The van der Waals surface area contributed by atoms with Crippen LogP contribution in [0.3, 0.4) is 0 Å². The first-order valence-corrected chi connectivity index (χ1v) is 10.4. The second-order valence-electron chi connectivity index (χ2n) is 7.16. The molecule has 4 nitrogen and oxygen atoms in total. The van der Waals surface area contributed by atoms with Gasteiger partial charge in [0.2, 0.25) is 0 Å². The van der Waals surface area contributed by atoms with Crippen LogP contribution in [0.5, 0.6) is 11.5 Å². The molecule has 0 unspecified atom stereocenters. The molecule has 2 aromatic rings. The summed E-state index contributed by atoms with van der Waals surface area (Å²) >= 11 is 3.69. The van der Waals surface area contributed by atoms with Gasteiger partial charge in [0.1, 0.15) is 6.61 Å². The van der Waals surface area contributed by atoms with E-state index in [-0.39, 0.29) is 0 Å². The molecule has 1 aliphatic heterocycles. The van der Waals surface area contributed by atoms with Crippen LogP contribution in [-0.4, -0.2) is 26.7 Å². The molecule has 2 aromatic carbocycles. The Morgan fingerprint density at radius 3 is 2.74 bits per heavy atom. The van der Waals surface area contributed by atoms with Crippen molar-refractivity contribution in [2.75, 3.05) is 26.7 Å². The number of methoxy groups -OCH3 is 1. The molecule has 0 radical (unpaired) electrons. The molecule has 1 aliphatic rings. The molecule has 1 heterocycles. The molecule has 0 amide bonds. The highest BCUT2D eigenvalue weighted by atomic mass is 79.9. The third kappa shape index (κ3) is 5.71. The minimum absolute atomic E-state index is 0.524. The highest BCUT2D eigenvalue weighted by Crippen LogP contribution is 2.37. The van der Waals surface area contributed by atoms with Crippen LogP contribution in [0.4, 0.5) is 0 Å². The molecule has 3 rings (SSSR count). The molecule has 2 N–H and O–H groups in total. The first-order valence-electron chi connectivity index (χ1n) is 9.62. The van der Waals surface area contributed by atoms with Crippen LogP contribution in [0.15, 0.2) is 40.9 Å². The number of hydrogen-bond acceptors (Lipinski definition) is 4. The Morgan fingerprint density at radius 2 is 2.00 bits per heavy atom. The van der Waals surface area contributed by atoms with E-state index in [9.17, 15) is 0 Å². The third-order valence-electron chi connectivity index (χ3n) is 5.05. The van der Waals surface area contributed by atoms with Gasteiger partial charge in [-0.25, -0.2) is 0 Å². The van der Waals surface area contributed by atoms with Gasteiger partial charge in [-0.05, 0) is 63.0 Å². The molecule has 0 aliphatic carbocycles. The van der Waals surface area contributed by atoms with Crippen LogP contribution < -0.4 is 20.1 Å². The van der Waals surface area contributed by atoms with Crippen molar-refractivity contribution in [3.8, 4) is 11.5 Å². The summed E-state index contributed by atoms with van der Waals surface area (Å²) in [5, 5.41) is 7.04. The lowest BCUT2D eigenvalue weighted by Gasteiger charge is -2.23. The Morgan fingerprint density at radius 1 is 1.19 bits per heavy atom. The molecule has 5 heteroatoms. The van der Waals surface area contributed by atoms with Crippen molar-refractivity contribution in [1.82, 2.24) is 10.6 Å². The van der Waals surface area contributed by atoms with Crippen molar-refractivity contribution in [2.24, 2.45) is 5.92 Å². The molecule has 27 heavy (non-hydrogen) atoms. The van der Waals surface area contributed by atoms with Gasteiger partial charge in [0.15, 0.2) is 11.5 Å². The quantitative estimate of drug-likeness (QED) is 0.646. The third-order valence-corrected chi connectivity index (χ3v) is 5.79. The molecule has 0 saturated carbocycles. The van der Waals surface area contributed by atoms with E-state index in [0.717, 1.165) is 59.2 Å². The van der Waals surface area contributed by atoms with E-state index in [2.05, 4.69) is 57.8 Å². The van der Waals surface area contributed by atoms with E-state index in [1.807, 2.05) is 12.1 Å². The summed E-state index contributed by atoms with van der Waals surface area (Å²) in [4.78, 5) is 0. The summed E-state index contributed by atoms with van der Waals surface area (Å²) in [6.07, 6.45) is 2.48. The number of hydrogen-bond donors (Lipinski definition) is 2. The van der Waals surface area contributed by atoms with Crippen LogP contribution in [0, 0.1) is 12.8 Å². The zero-order valence-corrected chi connectivity index (χ0v) is 17.8. The zero-order valence-electron chi connectivity index (χ0n) is 16.2. The Kier molecular flexibility index (Phi) is 7.56. The number of piperidine rings is 1. The summed E-state index contributed by atoms with van der Waals surface area (Å²) in [5.41, 5.74) is 3.50. The minimum Gasteiger partial charge on any atom is -0.493 e. The van der Waals surface area contributed by atoms with Gasteiger partial charge in [-0.1, -0.05) is 45.8 Å². The molecular formula is C22H29BrN2O2. The van der Waals surface area contributed by atoms with Crippen LogP contribution in [0.25, 0.3) is 0 Å². The Bertz CT molecular complexity index is 745. The van der Waals surface area contributed by atoms with Crippen molar-refractivity contribution >= 4 is 15.9 Å². The van der Waals surface area contributed by atoms with Gasteiger partial charge in [-0.2, -0.15) is 0 Å². The van der Waals surface area contributed by atoms with E-state index in [4.69, 9.17) is 9.47 Å². The van der Waals surface area contributed by atoms with Gasteiger partial charge in [0.25, 0.3) is 0 Å². The molecule has 1 fully saturated rings. The summed E-state index contributed by atoms with van der Waals surface area (Å²) < 4.78 is 12.8. The number of nitrogens with one attached hydrogen (secondary N) is 2. The van der Waals surface area contributed by atoms with E-state index >= 15 is 0 Å². The van der Waals surface area contributed by atoms with Gasteiger partial charge in [-0.3, -0.25) is 0 Å². The maximum Gasteiger partial charge on any atom is 0.167 e. The van der Waals surface area contributed by atoms with Crippen molar-refractivity contribution in [3.05, 3.63) is 57.6 Å². The Balaban J connectivity index is 1.69. The average Bonchev–Trinajstić information content (AvgIpc) is 2.69. The van der Waals surface area contributed by atoms with Gasteiger partial charge in [-0.15, -0.1) is 0 Å². The maximum absolute atomic E-state index is 6.22. The van der Waals surface area contributed by atoms with Crippen molar-refractivity contribution < 1.29 is 9.47 Å². The molecule has 0 aromatic heterocycles. The van der Waals surface area contributed by atoms with Gasteiger partial charge < -0.3 is 20.1 Å². The minimum atomic E-state index is 0.524. The summed E-state index contributed by atoms with van der Waals surface area (Å²) in [6, 6.07) is 12.4. The van der Waals surface area contributed by atoms with Crippen molar-refractivity contribution in [1.29, 1.82) is 0 Å². The number of rotatable bonds is 8. The lowest BCUT2D eigenvalue weighted by atomic mass is 9.98.